The number of sulfonamides is 1. The lowest BCUT2D eigenvalue weighted by molar-refractivity contribution is -0.158. The molecule has 4 rings (SSSR count). The molecule has 31 heavy (non-hydrogen) atoms. The molecule has 0 aromatic heterocycles. The minimum Gasteiger partial charge on any atom is -0.486 e. The fraction of sp³-hybridized carbons (Fsp3) is 0.619. The molecule has 1 N–H and O–H groups in total. The van der Waals surface area contributed by atoms with Crippen LogP contribution in [0.4, 0.5) is 0 Å². The predicted molar refractivity (Wildman–Crippen MR) is 110 cm³/mol. The molecule has 1 aromatic carbocycles. The molecule has 3 aliphatic rings. The maximum absolute atomic E-state index is 13.2. The molecule has 2 aliphatic heterocycles. The summed E-state index contributed by atoms with van der Waals surface area (Å²) in [6.07, 6.45) is 3.91. The van der Waals surface area contributed by atoms with Crippen molar-refractivity contribution >= 4 is 21.9 Å². The third-order valence-corrected chi connectivity index (χ3v) is 7.86. The van der Waals surface area contributed by atoms with Crippen LogP contribution < -0.4 is 14.8 Å². The molecular formula is C21H28N2O7S. The van der Waals surface area contributed by atoms with Crippen LogP contribution in [0.25, 0.3) is 0 Å². The van der Waals surface area contributed by atoms with E-state index in [2.05, 4.69) is 5.32 Å². The Morgan fingerprint density at radius 1 is 1.10 bits per heavy atom. The number of hydrogen-bond acceptors (Lipinski definition) is 7. The summed E-state index contributed by atoms with van der Waals surface area (Å²) in [5.41, 5.74) is 0. The first-order valence-corrected chi connectivity index (χ1v) is 12.2. The molecule has 0 spiro atoms. The van der Waals surface area contributed by atoms with Crippen molar-refractivity contribution in [1.29, 1.82) is 0 Å². The number of nitrogens with one attached hydrogen (secondary N) is 1. The van der Waals surface area contributed by atoms with Gasteiger partial charge < -0.3 is 19.5 Å². The Bertz CT molecular complexity index is 943. The van der Waals surface area contributed by atoms with Crippen molar-refractivity contribution in [3.8, 4) is 11.5 Å². The van der Waals surface area contributed by atoms with E-state index in [4.69, 9.17) is 14.2 Å². The van der Waals surface area contributed by atoms with Gasteiger partial charge in [-0.2, -0.15) is 4.31 Å². The summed E-state index contributed by atoms with van der Waals surface area (Å²) >= 11 is 0. The van der Waals surface area contributed by atoms with Gasteiger partial charge in [-0.15, -0.1) is 0 Å². The van der Waals surface area contributed by atoms with Crippen LogP contribution >= 0.6 is 0 Å². The first kappa shape index (κ1) is 21.9. The van der Waals surface area contributed by atoms with Gasteiger partial charge >= 0.3 is 5.97 Å². The van der Waals surface area contributed by atoms with Crippen LogP contribution in [0.5, 0.6) is 11.5 Å². The SMILES string of the molecule is C[C@H](OC(=O)[C@@H]1CCCN1S(=O)(=O)c1ccc2c(c1)OCCO2)C(=O)NC1CCCC1. The summed E-state index contributed by atoms with van der Waals surface area (Å²) in [7, 11) is -3.94. The number of hydrogen-bond donors (Lipinski definition) is 1. The van der Waals surface area contributed by atoms with Gasteiger partial charge in [0.25, 0.3) is 5.91 Å². The molecule has 0 radical (unpaired) electrons. The minimum atomic E-state index is -3.94. The smallest absolute Gasteiger partial charge is 0.325 e. The molecule has 1 aromatic rings. The van der Waals surface area contributed by atoms with Crippen LogP contribution in [0.2, 0.25) is 0 Å². The summed E-state index contributed by atoms with van der Waals surface area (Å²) in [6.45, 7) is 2.47. The third kappa shape index (κ3) is 4.64. The lowest BCUT2D eigenvalue weighted by atomic mass is 10.2. The highest BCUT2D eigenvalue weighted by Gasteiger charge is 2.41. The zero-order valence-electron chi connectivity index (χ0n) is 17.5. The van der Waals surface area contributed by atoms with Crippen molar-refractivity contribution < 1.29 is 32.2 Å². The van der Waals surface area contributed by atoms with Crippen LogP contribution in [-0.2, 0) is 24.3 Å². The van der Waals surface area contributed by atoms with Gasteiger partial charge in [0.05, 0.1) is 4.90 Å². The number of rotatable bonds is 6. The molecule has 170 valence electrons. The van der Waals surface area contributed by atoms with E-state index >= 15 is 0 Å². The molecule has 1 aliphatic carbocycles. The number of carbonyl (C=O) groups excluding carboxylic acids is 2. The first-order valence-electron chi connectivity index (χ1n) is 10.8. The molecular weight excluding hydrogens is 424 g/mol. The third-order valence-electron chi connectivity index (χ3n) is 5.96. The summed E-state index contributed by atoms with van der Waals surface area (Å²) in [5.74, 6) is -0.195. The van der Waals surface area contributed by atoms with Crippen molar-refractivity contribution in [2.24, 2.45) is 0 Å². The van der Waals surface area contributed by atoms with Crippen molar-refractivity contribution in [2.45, 2.75) is 68.5 Å². The highest BCUT2D eigenvalue weighted by atomic mass is 32.2. The summed E-state index contributed by atoms with van der Waals surface area (Å²) < 4.78 is 43.9. The van der Waals surface area contributed by atoms with E-state index in [1.54, 1.807) is 6.07 Å². The Balaban J connectivity index is 1.44. The average molecular weight is 453 g/mol. The topological polar surface area (TPSA) is 111 Å². The monoisotopic (exact) mass is 452 g/mol. The molecule has 2 atom stereocenters. The van der Waals surface area contributed by atoms with Gasteiger partial charge in [0.2, 0.25) is 10.0 Å². The molecule has 1 amide bonds. The number of carbonyl (C=O) groups is 2. The van der Waals surface area contributed by atoms with Crippen molar-refractivity contribution in [1.82, 2.24) is 9.62 Å². The number of ether oxygens (including phenoxy) is 3. The lowest BCUT2D eigenvalue weighted by Gasteiger charge is -2.25. The van der Waals surface area contributed by atoms with E-state index in [0.717, 1.165) is 30.0 Å². The van der Waals surface area contributed by atoms with E-state index in [0.29, 0.717) is 37.6 Å². The zero-order chi connectivity index (χ0) is 22.0. The number of amides is 1. The fourth-order valence-electron chi connectivity index (χ4n) is 4.28. The van der Waals surface area contributed by atoms with Gasteiger partial charge in [0, 0.05) is 18.7 Å². The van der Waals surface area contributed by atoms with Crippen molar-refractivity contribution in [3.63, 3.8) is 0 Å². The van der Waals surface area contributed by atoms with Crippen molar-refractivity contribution in [3.05, 3.63) is 18.2 Å². The normalized spacial score (nSPS) is 22.8. The maximum Gasteiger partial charge on any atom is 0.325 e. The molecule has 2 heterocycles. The molecule has 1 saturated heterocycles. The van der Waals surface area contributed by atoms with Gasteiger partial charge in [-0.05, 0) is 44.7 Å². The largest absolute Gasteiger partial charge is 0.486 e. The molecule has 1 saturated carbocycles. The fourth-order valence-corrected chi connectivity index (χ4v) is 5.94. The Hall–Kier alpha value is -2.33. The Kier molecular flexibility index (Phi) is 6.38. The van der Waals surface area contributed by atoms with Gasteiger partial charge in [-0.1, -0.05) is 12.8 Å². The summed E-state index contributed by atoms with van der Waals surface area (Å²) in [4.78, 5) is 25.1. The van der Waals surface area contributed by atoms with Crippen LogP contribution in [0.1, 0.15) is 45.4 Å². The van der Waals surface area contributed by atoms with Crippen LogP contribution in [0.15, 0.2) is 23.1 Å². The highest BCUT2D eigenvalue weighted by molar-refractivity contribution is 7.89. The number of fused-ring (bicyclic) bond motifs is 1. The van der Waals surface area contributed by atoms with Gasteiger partial charge in [0.15, 0.2) is 17.6 Å². The molecule has 2 fully saturated rings. The van der Waals surface area contributed by atoms with Crippen LogP contribution in [0, 0.1) is 0 Å². The summed E-state index contributed by atoms with van der Waals surface area (Å²) in [6, 6.07) is 3.58. The van der Waals surface area contributed by atoms with E-state index in [1.165, 1.54) is 19.1 Å². The summed E-state index contributed by atoms with van der Waals surface area (Å²) in [5, 5.41) is 2.90. The lowest BCUT2D eigenvalue weighted by Crippen LogP contribution is -2.45. The van der Waals surface area contributed by atoms with Crippen molar-refractivity contribution in [2.75, 3.05) is 19.8 Å². The van der Waals surface area contributed by atoms with Gasteiger partial charge in [0.1, 0.15) is 19.3 Å². The maximum atomic E-state index is 13.2. The second-order valence-electron chi connectivity index (χ2n) is 8.15. The molecule has 10 heteroatoms. The molecule has 9 nitrogen and oxygen atoms in total. The number of benzene rings is 1. The number of nitrogens with zero attached hydrogens (tertiary/aromatic N) is 1. The number of esters is 1. The average Bonchev–Trinajstić information content (AvgIpc) is 3.45. The van der Waals surface area contributed by atoms with E-state index in [-0.39, 0.29) is 23.4 Å². The quantitative estimate of drug-likeness (QED) is 0.653. The second kappa shape index (κ2) is 9.04. The Morgan fingerprint density at radius 3 is 2.55 bits per heavy atom. The van der Waals surface area contributed by atoms with E-state index in [9.17, 15) is 18.0 Å². The van der Waals surface area contributed by atoms with Gasteiger partial charge in [-0.3, -0.25) is 9.59 Å². The van der Waals surface area contributed by atoms with Crippen LogP contribution in [0.3, 0.4) is 0 Å². The molecule has 0 bridgehead atoms. The van der Waals surface area contributed by atoms with E-state index < -0.39 is 28.1 Å². The molecule has 0 unspecified atom stereocenters. The Labute approximate surface area is 182 Å². The standard InChI is InChI=1S/C21H28N2O7S/c1-14(20(24)22-15-5-2-3-6-15)30-21(25)17-7-4-10-23(17)31(26,27)16-8-9-18-19(13-16)29-12-11-28-18/h8-9,13-15,17H,2-7,10-12H2,1H3,(H,22,24)/t14-,17-/m0/s1. The highest BCUT2D eigenvalue weighted by Crippen LogP contribution is 2.35. The van der Waals surface area contributed by atoms with E-state index in [1.807, 2.05) is 0 Å². The predicted octanol–water partition coefficient (Wildman–Crippen LogP) is 1.60. The zero-order valence-corrected chi connectivity index (χ0v) is 18.4. The van der Waals surface area contributed by atoms with Gasteiger partial charge in [-0.25, -0.2) is 8.42 Å². The Morgan fingerprint density at radius 2 is 1.81 bits per heavy atom. The second-order valence-corrected chi connectivity index (χ2v) is 10.0. The van der Waals surface area contributed by atoms with Crippen LogP contribution in [-0.4, -0.2) is 62.5 Å². The minimum absolute atomic E-state index is 0.0310. The first-order chi connectivity index (χ1) is 14.9.